The second-order valence-corrected chi connectivity index (χ2v) is 5.94. The zero-order valence-electron chi connectivity index (χ0n) is 15.4. The molecule has 0 saturated carbocycles. The highest BCUT2D eigenvalue weighted by Gasteiger charge is 2.33. The number of benzene rings is 1. The SMILES string of the molecule is CCCCC[C@](C)(OCC)C(=O)Nc1ccc(OCCOC)cc1. The van der Waals surface area contributed by atoms with Crippen LogP contribution in [0, 0.1) is 0 Å². The number of hydrogen-bond acceptors (Lipinski definition) is 4. The first-order valence-corrected chi connectivity index (χ1v) is 8.73. The van der Waals surface area contributed by atoms with Crippen LogP contribution < -0.4 is 10.1 Å². The predicted octanol–water partition coefficient (Wildman–Crippen LogP) is 4.03. The second-order valence-electron chi connectivity index (χ2n) is 5.94. The van der Waals surface area contributed by atoms with Gasteiger partial charge in [0.25, 0.3) is 5.91 Å². The standard InChI is InChI=1S/C19H31NO4/c1-5-7-8-13-19(3,24-6-2)18(21)20-16-9-11-17(12-10-16)23-15-14-22-4/h9-12H,5-8,13-15H2,1-4H3,(H,20,21)/t19-/m0/s1. The van der Waals surface area contributed by atoms with Crippen molar-refractivity contribution < 1.29 is 19.0 Å². The van der Waals surface area contributed by atoms with Crippen molar-refractivity contribution in [3.63, 3.8) is 0 Å². The molecule has 1 amide bonds. The lowest BCUT2D eigenvalue weighted by Gasteiger charge is -2.28. The van der Waals surface area contributed by atoms with Gasteiger partial charge in [0, 0.05) is 19.4 Å². The Morgan fingerprint density at radius 2 is 1.83 bits per heavy atom. The highest BCUT2D eigenvalue weighted by atomic mass is 16.5. The van der Waals surface area contributed by atoms with Crippen molar-refractivity contribution in [1.29, 1.82) is 0 Å². The first kappa shape index (κ1) is 20.5. The number of ether oxygens (including phenoxy) is 3. The Bertz CT molecular complexity index is 475. The zero-order chi connectivity index (χ0) is 17.8. The van der Waals surface area contributed by atoms with Crippen LogP contribution >= 0.6 is 0 Å². The zero-order valence-corrected chi connectivity index (χ0v) is 15.4. The molecule has 0 aromatic heterocycles. The molecule has 0 bridgehead atoms. The molecule has 1 atom stereocenters. The Morgan fingerprint density at radius 1 is 1.12 bits per heavy atom. The van der Waals surface area contributed by atoms with E-state index < -0.39 is 5.60 Å². The Kier molecular flexibility index (Phi) is 9.42. The van der Waals surface area contributed by atoms with Crippen LogP contribution in [-0.2, 0) is 14.3 Å². The van der Waals surface area contributed by atoms with Gasteiger partial charge in [-0.05, 0) is 44.5 Å². The number of unbranched alkanes of at least 4 members (excludes halogenated alkanes) is 2. The number of amides is 1. The van der Waals surface area contributed by atoms with Gasteiger partial charge in [0.2, 0.25) is 0 Å². The largest absolute Gasteiger partial charge is 0.491 e. The molecule has 0 saturated heterocycles. The summed E-state index contributed by atoms with van der Waals surface area (Å²) in [5.41, 5.74) is -0.0575. The average molecular weight is 337 g/mol. The minimum absolute atomic E-state index is 0.103. The van der Waals surface area contributed by atoms with Crippen LogP contribution in [0.2, 0.25) is 0 Å². The van der Waals surface area contributed by atoms with Crippen LogP contribution in [0.4, 0.5) is 5.69 Å². The maximum absolute atomic E-state index is 12.6. The van der Waals surface area contributed by atoms with Crippen LogP contribution in [-0.4, -0.2) is 38.4 Å². The fourth-order valence-corrected chi connectivity index (χ4v) is 2.42. The van der Waals surface area contributed by atoms with Crippen LogP contribution in [0.15, 0.2) is 24.3 Å². The van der Waals surface area contributed by atoms with Gasteiger partial charge in [0.05, 0.1) is 6.61 Å². The highest BCUT2D eigenvalue weighted by molar-refractivity contribution is 5.97. The molecule has 0 aliphatic carbocycles. The third-order valence-electron chi connectivity index (χ3n) is 3.87. The van der Waals surface area contributed by atoms with Gasteiger partial charge in [0.15, 0.2) is 0 Å². The smallest absolute Gasteiger partial charge is 0.256 e. The van der Waals surface area contributed by atoms with Gasteiger partial charge in [0.1, 0.15) is 18.0 Å². The minimum Gasteiger partial charge on any atom is -0.491 e. The van der Waals surface area contributed by atoms with Crippen molar-refractivity contribution in [2.45, 2.75) is 52.1 Å². The van der Waals surface area contributed by atoms with E-state index in [1.807, 2.05) is 38.1 Å². The molecule has 136 valence electrons. The molecule has 0 unspecified atom stereocenters. The van der Waals surface area contributed by atoms with Gasteiger partial charge in [-0.3, -0.25) is 4.79 Å². The lowest BCUT2D eigenvalue weighted by Crippen LogP contribution is -2.42. The molecule has 0 aliphatic rings. The summed E-state index contributed by atoms with van der Waals surface area (Å²) in [6.45, 7) is 7.49. The maximum atomic E-state index is 12.6. The van der Waals surface area contributed by atoms with E-state index in [2.05, 4.69) is 12.2 Å². The summed E-state index contributed by atoms with van der Waals surface area (Å²) in [6.07, 6.45) is 3.92. The monoisotopic (exact) mass is 337 g/mol. The first-order valence-electron chi connectivity index (χ1n) is 8.73. The van der Waals surface area contributed by atoms with Crippen LogP contribution in [0.1, 0.15) is 46.5 Å². The number of methoxy groups -OCH3 is 1. The molecule has 0 heterocycles. The highest BCUT2D eigenvalue weighted by Crippen LogP contribution is 2.23. The lowest BCUT2D eigenvalue weighted by atomic mass is 9.96. The van der Waals surface area contributed by atoms with Crippen molar-refractivity contribution in [3.8, 4) is 5.75 Å². The quantitative estimate of drug-likeness (QED) is 0.585. The second kappa shape index (κ2) is 11.0. The Hall–Kier alpha value is -1.59. The summed E-state index contributed by atoms with van der Waals surface area (Å²) in [4.78, 5) is 12.6. The van der Waals surface area contributed by atoms with Gasteiger partial charge in [-0.1, -0.05) is 26.2 Å². The number of anilines is 1. The summed E-state index contributed by atoms with van der Waals surface area (Å²) >= 11 is 0. The summed E-state index contributed by atoms with van der Waals surface area (Å²) in [7, 11) is 1.64. The summed E-state index contributed by atoms with van der Waals surface area (Å²) in [6, 6.07) is 7.33. The molecule has 0 aliphatic heterocycles. The molecular formula is C19H31NO4. The van der Waals surface area contributed by atoms with E-state index in [9.17, 15) is 4.79 Å². The van der Waals surface area contributed by atoms with E-state index in [-0.39, 0.29) is 5.91 Å². The summed E-state index contributed by atoms with van der Waals surface area (Å²) in [5.74, 6) is 0.647. The molecule has 1 rings (SSSR count). The third-order valence-corrected chi connectivity index (χ3v) is 3.87. The minimum atomic E-state index is -0.794. The molecular weight excluding hydrogens is 306 g/mol. The van der Waals surface area contributed by atoms with Crippen LogP contribution in [0.5, 0.6) is 5.75 Å². The predicted molar refractivity (Wildman–Crippen MR) is 96.6 cm³/mol. The Labute approximate surface area is 145 Å². The number of carbonyl (C=O) groups is 1. The first-order chi connectivity index (χ1) is 11.6. The van der Waals surface area contributed by atoms with Gasteiger partial charge in [-0.2, -0.15) is 0 Å². The van der Waals surface area contributed by atoms with Gasteiger partial charge in [-0.25, -0.2) is 0 Å². The molecule has 24 heavy (non-hydrogen) atoms. The van der Waals surface area contributed by atoms with Crippen molar-refractivity contribution in [1.82, 2.24) is 0 Å². The van der Waals surface area contributed by atoms with Gasteiger partial charge < -0.3 is 19.5 Å². The van der Waals surface area contributed by atoms with Crippen molar-refractivity contribution in [3.05, 3.63) is 24.3 Å². The molecule has 1 aromatic carbocycles. The topological polar surface area (TPSA) is 56.8 Å². The number of hydrogen-bond donors (Lipinski definition) is 1. The van der Waals surface area contributed by atoms with E-state index in [1.165, 1.54) is 0 Å². The number of rotatable bonds is 12. The average Bonchev–Trinajstić information content (AvgIpc) is 2.57. The Morgan fingerprint density at radius 3 is 2.42 bits per heavy atom. The molecule has 0 radical (unpaired) electrons. The molecule has 1 N–H and O–H groups in total. The van der Waals surface area contributed by atoms with Crippen molar-refractivity contribution in [2.24, 2.45) is 0 Å². The third kappa shape index (κ3) is 6.89. The molecule has 0 fully saturated rings. The van der Waals surface area contributed by atoms with E-state index in [4.69, 9.17) is 14.2 Å². The fourth-order valence-electron chi connectivity index (χ4n) is 2.42. The molecule has 1 aromatic rings. The van der Waals surface area contributed by atoms with E-state index in [0.29, 0.717) is 19.8 Å². The summed E-state index contributed by atoms with van der Waals surface area (Å²) in [5, 5.41) is 2.94. The number of nitrogens with one attached hydrogen (secondary N) is 1. The fraction of sp³-hybridized carbons (Fsp3) is 0.632. The molecule has 0 spiro atoms. The normalized spacial score (nSPS) is 13.3. The molecule has 5 nitrogen and oxygen atoms in total. The van der Waals surface area contributed by atoms with Gasteiger partial charge >= 0.3 is 0 Å². The lowest BCUT2D eigenvalue weighted by molar-refractivity contribution is -0.139. The van der Waals surface area contributed by atoms with Crippen molar-refractivity contribution in [2.75, 3.05) is 32.2 Å². The van der Waals surface area contributed by atoms with Crippen LogP contribution in [0.25, 0.3) is 0 Å². The van der Waals surface area contributed by atoms with Crippen LogP contribution in [0.3, 0.4) is 0 Å². The van der Waals surface area contributed by atoms with E-state index >= 15 is 0 Å². The number of carbonyl (C=O) groups excluding carboxylic acids is 1. The summed E-state index contributed by atoms with van der Waals surface area (Å²) < 4.78 is 16.2. The van der Waals surface area contributed by atoms with Crippen molar-refractivity contribution >= 4 is 11.6 Å². The Balaban J connectivity index is 2.62. The van der Waals surface area contributed by atoms with Gasteiger partial charge in [-0.15, -0.1) is 0 Å². The molecule has 5 heteroatoms. The van der Waals surface area contributed by atoms with E-state index in [1.54, 1.807) is 7.11 Å². The maximum Gasteiger partial charge on any atom is 0.256 e. The van der Waals surface area contributed by atoms with E-state index in [0.717, 1.165) is 37.1 Å².